The number of hydrogen-bond donors (Lipinski definition) is 4. The SMILES string of the molecule is C=C(C)CN(CC(N)=O)CC(O)NCCCCCCC(=C)N. The number of primary amides is 1. The molecule has 1 unspecified atom stereocenters. The molecule has 6 nitrogen and oxygen atoms in total. The lowest BCUT2D eigenvalue weighted by Gasteiger charge is -2.24. The van der Waals surface area contributed by atoms with E-state index in [1.807, 2.05) is 6.92 Å². The molecule has 0 heterocycles. The number of rotatable bonds is 14. The molecule has 0 bridgehead atoms. The Morgan fingerprint density at radius 1 is 1.18 bits per heavy atom. The Morgan fingerprint density at radius 2 is 1.82 bits per heavy atom. The van der Waals surface area contributed by atoms with Crippen LogP contribution in [0.2, 0.25) is 0 Å². The second-order valence-electron chi connectivity index (χ2n) is 5.89. The molecule has 22 heavy (non-hydrogen) atoms. The first-order valence-corrected chi connectivity index (χ1v) is 7.81. The van der Waals surface area contributed by atoms with Gasteiger partial charge in [0.25, 0.3) is 0 Å². The third-order valence-electron chi connectivity index (χ3n) is 3.11. The molecule has 0 aromatic rings. The molecule has 0 aromatic carbocycles. The van der Waals surface area contributed by atoms with Gasteiger partial charge in [-0.15, -0.1) is 0 Å². The minimum absolute atomic E-state index is 0.120. The van der Waals surface area contributed by atoms with Crippen LogP contribution in [0.3, 0.4) is 0 Å². The Bertz CT molecular complexity index is 342. The lowest BCUT2D eigenvalue weighted by atomic mass is 10.1. The second kappa shape index (κ2) is 12.2. The average molecular weight is 312 g/mol. The first-order valence-electron chi connectivity index (χ1n) is 7.81. The Kier molecular flexibility index (Phi) is 11.4. The smallest absolute Gasteiger partial charge is 0.231 e. The predicted octanol–water partition coefficient (Wildman–Crippen LogP) is 0.681. The van der Waals surface area contributed by atoms with Crippen LogP contribution >= 0.6 is 0 Å². The van der Waals surface area contributed by atoms with E-state index in [1.54, 1.807) is 4.90 Å². The molecule has 0 rings (SSSR count). The summed E-state index contributed by atoms with van der Waals surface area (Å²) in [6.07, 6.45) is 4.44. The number of nitrogens with one attached hydrogen (secondary N) is 1. The Balaban J connectivity index is 3.79. The molecule has 128 valence electrons. The number of aliphatic hydroxyl groups excluding tert-OH is 1. The van der Waals surface area contributed by atoms with Crippen molar-refractivity contribution < 1.29 is 9.90 Å². The predicted molar refractivity (Wildman–Crippen MR) is 90.9 cm³/mol. The van der Waals surface area contributed by atoms with Crippen LogP contribution in [0.25, 0.3) is 0 Å². The van der Waals surface area contributed by atoms with E-state index in [1.165, 1.54) is 0 Å². The first kappa shape index (κ1) is 20.6. The van der Waals surface area contributed by atoms with Crippen LogP contribution in [0, 0.1) is 0 Å². The summed E-state index contributed by atoms with van der Waals surface area (Å²) in [7, 11) is 0. The van der Waals surface area contributed by atoms with Gasteiger partial charge in [0.05, 0.1) is 6.54 Å². The molecular weight excluding hydrogens is 280 g/mol. The van der Waals surface area contributed by atoms with Gasteiger partial charge in [0.15, 0.2) is 0 Å². The molecule has 1 amide bonds. The van der Waals surface area contributed by atoms with E-state index >= 15 is 0 Å². The molecular formula is C16H32N4O2. The lowest BCUT2D eigenvalue weighted by molar-refractivity contribution is -0.119. The van der Waals surface area contributed by atoms with Crippen molar-refractivity contribution in [3.63, 3.8) is 0 Å². The number of carbonyl (C=O) groups excluding carboxylic acids is 1. The summed E-state index contributed by atoms with van der Waals surface area (Å²) in [6.45, 7) is 11.1. The van der Waals surface area contributed by atoms with Crippen LogP contribution in [0.4, 0.5) is 0 Å². The largest absolute Gasteiger partial charge is 0.403 e. The van der Waals surface area contributed by atoms with Crippen LogP contribution in [0.1, 0.15) is 39.0 Å². The maximum absolute atomic E-state index is 11.0. The highest BCUT2D eigenvalue weighted by Gasteiger charge is 2.13. The second-order valence-corrected chi connectivity index (χ2v) is 5.89. The number of hydrogen-bond acceptors (Lipinski definition) is 5. The Labute approximate surface area is 134 Å². The van der Waals surface area contributed by atoms with Crippen molar-refractivity contribution in [2.45, 2.75) is 45.3 Å². The molecule has 0 aliphatic heterocycles. The molecule has 1 atom stereocenters. The summed E-state index contributed by atoms with van der Waals surface area (Å²) in [5, 5.41) is 13.0. The molecule has 6 N–H and O–H groups in total. The standard InChI is InChI=1S/C16H32N4O2/c1-13(2)10-20(11-15(18)21)12-16(22)19-9-7-5-4-6-8-14(3)17/h16,19,22H,1,3-12,17H2,2H3,(H2,18,21). The third-order valence-corrected chi connectivity index (χ3v) is 3.11. The Morgan fingerprint density at radius 3 is 2.36 bits per heavy atom. The van der Waals surface area contributed by atoms with Crippen molar-refractivity contribution in [1.29, 1.82) is 0 Å². The van der Waals surface area contributed by atoms with Gasteiger partial charge < -0.3 is 16.6 Å². The minimum atomic E-state index is -0.678. The molecule has 0 aromatic heterocycles. The summed E-state index contributed by atoms with van der Waals surface area (Å²) in [6, 6.07) is 0. The number of amides is 1. The van der Waals surface area contributed by atoms with Crippen molar-refractivity contribution in [1.82, 2.24) is 10.2 Å². The molecule has 6 heteroatoms. The summed E-state index contributed by atoms with van der Waals surface area (Å²) < 4.78 is 0. The zero-order valence-corrected chi connectivity index (χ0v) is 13.8. The summed E-state index contributed by atoms with van der Waals surface area (Å²) in [5.41, 5.74) is 12.4. The van der Waals surface area contributed by atoms with Gasteiger partial charge >= 0.3 is 0 Å². The third kappa shape index (κ3) is 13.6. The van der Waals surface area contributed by atoms with Crippen molar-refractivity contribution in [2.75, 3.05) is 26.2 Å². The summed E-state index contributed by atoms with van der Waals surface area (Å²) >= 11 is 0. The fourth-order valence-electron chi connectivity index (χ4n) is 2.20. The van der Waals surface area contributed by atoms with Crippen molar-refractivity contribution >= 4 is 5.91 Å². The number of unbranched alkanes of at least 4 members (excludes halogenated alkanes) is 3. The normalized spacial score (nSPS) is 12.3. The number of aliphatic hydroxyl groups is 1. The average Bonchev–Trinajstić information content (AvgIpc) is 2.35. The summed E-state index contributed by atoms with van der Waals surface area (Å²) in [5.74, 6) is -0.407. The van der Waals surface area contributed by atoms with E-state index < -0.39 is 12.1 Å². The number of nitrogens with two attached hydrogens (primary N) is 2. The minimum Gasteiger partial charge on any atom is -0.403 e. The van der Waals surface area contributed by atoms with E-state index in [-0.39, 0.29) is 6.54 Å². The summed E-state index contributed by atoms with van der Waals surface area (Å²) in [4.78, 5) is 12.8. The van der Waals surface area contributed by atoms with E-state index in [2.05, 4.69) is 18.5 Å². The van der Waals surface area contributed by atoms with Gasteiger partial charge in [-0.2, -0.15) is 0 Å². The zero-order valence-electron chi connectivity index (χ0n) is 13.8. The molecule has 0 saturated heterocycles. The van der Waals surface area contributed by atoms with Crippen molar-refractivity contribution in [3.8, 4) is 0 Å². The highest BCUT2D eigenvalue weighted by molar-refractivity contribution is 5.75. The molecule has 0 spiro atoms. The first-order chi connectivity index (χ1) is 10.3. The van der Waals surface area contributed by atoms with Gasteiger partial charge in [0, 0.05) is 18.8 Å². The maximum atomic E-state index is 11.0. The molecule has 0 fully saturated rings. The highest BCUT2D eigenvalue weighted by Crippen LogP contribution is 2.05. The van der Waals surface area contributed by atoms with E-state index in [0.717, 1.165) is 49.9 Å². The van der Waals surface area contributed by atoms with Crippen molar-refractivity contribution in [2.24, 2.45) is 11.5 Å². The number of nitrogens with zero attached hydrogens (tertiary/aromatic N) is 1. The van der Waals surface area contributed by atoms with E-state index in [0.29, 0.717) is 13.1 Å². The van der Waals surface area contributed by atoms with Gasteiger partial charge in [0.2, 0.25) is 5.91 Å². The number of carbonyl (C=O) groups is 1. The van der Waals surface area contributed by atoms with Gasteiger partial charge in [-0.1, -0.05) is 31.6 Å². The lowest BCUT2D eigenvalue weighted by Crippen LogP contribution is -2.44. The maximum Gasteiger partial charge on any atom is 0.231 e. The van der Waals surface area contributed by atoms with Gasteiger partial charge in [-0.25, -0.2) is 0 Å². The van der Waals surface area contributed by atoms with Crippen LogP contribution in [0.15, 0.2) is 24.4 Å². The molecule has 0 saturated carbocycles. The fourth-order valence-corrected chi connectivity index (χ4v) is 2.20. The van der Waals surface area contributed by atoms with E-state index in [4.69, 9.17) is 11.5 Å². The fraction of sp³-hybridized carbons (Fsp3) is 0.688. The van der Waals surface area contributed by atoms with Crippen LogP contribution < -0.4 is 16.8 Å². The Hall–Kier alpha value is -1.37. The van der Waals surface area contributed by atoms with Crippen molar-refractivity contribution in [3.05, 3.63) is 24.4 Å². The van der Waals surface area contributed by atoms with Crippen LogP contribution in [-0.4, -0.2) is 48.3 Å². The topological polar surface area (TPSA) is 105 Å². The quantitative estimate of drug-likeness (QED) is 0.214. The van der Waals surface area contributed by atoms with Gasteiger partial charge in [-0.3, -0.25) is 15.0 Å². The molecule has 0 aliphatic rings. The monoisotopic (exact) mass is 312 g/mol. The van der Waals surface area contributed by atoms with Crippen LogP contribution in [-0.2, 0) is 4.79 Å². The van der Waals surface area contributed by atoms with Crippen LogP contribution in [0.5, 0.6) is 0 Å². The zero-order chi connectivity index (χ0) is 17.0. The molecule has 0 radical (unpaired) electrons. The van der Waals surface area contributed by atoms with Gasteiger partial charge in [0.1, 0.15) is 6.23 Å². The number of allylic oxidation sites excluding steroid dienone is 1. The molecule has 0 aliphatic carbocycles. The van der Waals surface area contributed by atoms with E-state index in [9.17, 15) is 9.90 Å². The highest BCUT2D eigenvalue weighted by atomic mass is 16.3. The van der Waals surface area contributed by atoms with Gasteiger partial charge in [-0.05, 0) is 32.7 Å².